The van der Waals surface area contributed by atoms with Crippen molar-refractivity contribution in [2.75, 3.05) is 19.8 Å². The van der Waals surface area contributed by atoms with E-state index in [1.165, 1.54) is 6.07 Å². The fourth-order valence-corrected chi connectivity index (χ4v) is 3.80. The molecule has 0 amide bonds. The minimum Gasteiger partial charge on any atom is -0.490 e. The van der Waals surface area contributed by atoms with E-state index in [0.717, 1.165) is 4.47 Å². The van der Waals surface area contributed by atoms with Gasteiger partial charge in [0.05, 0.1) is 4.90 Å². The van der Waals surface area contributed by atoms with Gasteiger partial charge < -0.3 is 9.47 Å². The van der Waals surface area contributed by atoms with Gasteiger partial charge in [0.15, 0.2) is 0 Å². The molecule has 1 heterocycles. The minimum absolute atomic E-state index is 0.0715. The number of rotatable bonds is 6. The van der Waals surface area contributed by atoms with Gasteiger partial charge >= 0.3 is 5.97 Å². The Bertz CT molecular complexity index is 942. The Balaban J connectivity index is 1.49. The van der Waals surface area contributed by atoms with E-state index in [2.05, 4.69) is 25.6 Å². The predicted molar refractivity (Wildman–Crippen MR) is 98.8 cm³/mol. The van der Waals surface area contributed by atoms with Gasteiger partial charge in [-0.15, -0.1) is 0 Å². The zero-order chi connectivity index (χ0) is 18.6. The minimum atomic E-state index is -3.61. The van der Waals surface area contributed by atoms with Gasteiger partial charge in [-0.05, 0) is 36.4 Å². The molecule has 0 saturated heterocycles. The molecule has 7 nitrogen and oxygen atoms in total. The Hall–Kier alpha value is -2.39. The largest absolute Gasteiger partial charge is 0.490 e. The number of amidine groups is 1. The standard InChI is InChI=1S/C17H15BrN2O5S/c18-12-5-7-13(8-6-12)24-9-10-25-16(21)11-19-17-14-3-1-2-4-15(14)26(22,23)20-17/h1-8H,9-11H2,(H,19,20). The molecule has 9 heteroatoms. The van der Waals surface area contributed by atoms with Crippen molar-refractivity contribution in [3.05, 3.63) is 58.6 Å². The number of sulfonamides is 1. The first-order valence-electron chi connectivity index (χ1n) is 7.66. The van der Waals surface area contributed by atoms with Crippen molar-refractivity contribution in [2.24, 2.45) is 4.99 Å². The molecular weight excluding hydrogens is 424 g/mol. The molecule has 0 unspecified atom stereocenters. The van der Waals surface area contributed by atoms with Crippen LogP contribution >= 0.6 is 15.9 Å². The molecule has 0 bridgehead atoms. The summed E-state index contributed by atoms with van der Waals surface area (Å²) in [7, 11) is -3.61. The van der Waals surface area contributed by atoms with Crippen molar-refractivity contribution < 1.29 is 22.7 Å². The molecule has 1 N–H and O–H groups in total. The lowest BCUT2D eigenvalue weighted by Gasteiger charge is -2.07. The van der Waals surface area contributed by atoms with E-state index < -0.39 is 16.0 Å². The van der Waals surface area contributed by atoms with Crippen LogP contribution in [0.3, 0.4) is 0 Å². The SMILES string of the molecule is O=C(CN=C1NS(=O)(=O)c2ccccc21)OCCOc1ccc(Br)cc1. The molecule has 0 fully saturated rings. The van der Waals surface area contributed by atoms with Crippen LogP contribution in [0.25, 0.3) is 0 Å². The van der Waals surface area contributed by atoms with Crippen LogP contribution in [0.4, 0.5) is 0 Å². The number of carbonyl (C=O) groups excluding carboxylic acids is 1. The second kappa shape index (κ2) is 7.88. The van der Waals surface area contributed by atoms with Crippen LogP contribution in [0.15, 0.2) is 62.9 Å². The average Bonchev–Trinajstić information content (AvgIpc) is 2.89. The number of hydrogen-bond acceptors (Lipinski definition) is 6. The average molecular weight is 439 g/mol. The summed E-state index contributed by atoms with van der Waals surface area (Å²) < 4.78 is 37.6. The van der Waals surface area contributed by atoms with Gasteiger partial charge in [0.1, 0.15) is 31.3 Å². The number of esters is 1. The fourth-order valence-electron chi connectivity index (χ4n) is 2.29. The number of nitrogens with one attached hydrogen (secondary N) is 1. The second-order valence-corrected chi connectivity index (χ2v) is 7.86. The van der Waals surface area contributed by atoms with Gasteiger partial charge in [-0.2, -0.15) is 0 Å². The summed E-state index contributed by atoms with van der Waals surface area (Å²) in [6.45, 7) is -0.00799. The van der Waals surface area contributed by atoms with E-state index in [9.17, 15) is 13.2 Å². The summed E-state index contributed by atoms with van der Waals surface area (Å²) in [6.07, 6.45) is 0. The summed E-state index contributed by atoms with van der Waals surface area (Å²) in [5.74, 6) is 0.241. The van der Waals surface area contributed by atoms with Crippen LogP contribution in [-0.4, -0.2) is 40.0 Å². The summed E-state index contributed by atoms with van der Waals surface area (Å²) in [5.41, 5.74) is 0.443. The van der Waals surface area contributed by atoms with E-state index >= 15 is 0 Å². The van der Waals surface area contributed by atoms with Crippen molar-refractivity contribution in [2.45, 2.75) is 4.90 Å². The lowest BCUT2D eigenvalue weighted by molar-refractivity contribution is -0.142. The van der Waals surface area contributed by atoms with E-state index in [-0.39, 0.29) is 30.5 Å². The maximum Gasteiger partial charge on any atom is 0.327 e. The topological polar surface area (TPSA) is 94.1 Å². The van der Waals surface area contributed by atoms with Gasteiger partial charge in [-0.3, -0.25) is 14.5 Å². The molecule has 136 valence electrons. The van der Waals surface area contributed by atoms with E-state index in [1.54, 1.807) is 30.3 Å². The predicted octanol–water partition coefficient (Wildman–Crippen LogP) is 2.11. The van der Waals surface area contributed by atoms with E-state index in [0.29, 0.717) is 11.3 Å². The van der Waals surface area contributed by atoms with E-state index in [1.807, 2.05) is 12.1 Å². The molecule has 0 atom stereocenters. The normalized spacial score (nSPS) is 16.0. The summed E-state index contributed by atoms with van der Waals surface area (Å²) in [4.78, 5) is 15.9. The molecule has 2 aromatic carbocycles. The van der Waals surface area contributed by atoms with Gasteiger partial charge in [-0.25, -0.2) is 8.42 Å². The highest BCUT2D eigenvalue weighted by Gasteiger charge is 2.30. The first-order chi connectivity index (χ1) is 12.5. The maximum absolute atomic E-state index is 11.9. The fraction of sp³-hybridized carbons (Fsp3) is 0.176. The van der Waals surface area contributed by atoms with Crippen molar-refractivity contribution in [1.29, 1.82) is 0 Å². The van der Waals surface area contributed by atoms with Crippen molar-refractivity contribution in [3.8, 4) is 5.75 Å². The quantitative estimate of drug-likeness (QED) is 0.550. The maximum atomic E-state index is 11.9. The molecule has 0 spiro atoms. The number of ether oxygens (including phenoxy) is 2. The number of hydrogen-bond donors (Lipinski definition) is 1. The number of carbonyl (C=O) groups is 1. The highest BCUT2D eigenvalue weighted by atomic mass is 79.9. The highest BCUT2D eigenvalue weighted by molar-refractivity contribution is 9.10. The Morgan fingerprint density at radius 1 is 1.08 bits per heavy atom. The van der Waals surface area contributed by atoms with Crippen molar-refractivity contribution in [1.82, 2.24) is 4.72 Å². The number of aliphatic imine (C=N–C) groups is 1. The van der Waals surface area contributed by atoms with Crippen LogP contribution in [0, 0.1) is 0 Å². The van der Waals surface area contributed by atoms with Crippen LogP contribution in [0.5, 0.6) is 5.75 Å². The molecule has 1 aliphatic rings. The van der Waals surface area contributed by atoms with Crippen LogP contribution in [0.2, 0.25) is 0 Å². The second-order valence-electron chi connectivity index (χ2n) is 5.29. The molecule has 0 radical (unpaired) electrons. The Labute approximate surface area is 159 Å². The number of benzene rings is 2. The number of halogens is 1. The molecule has 0 aromatic heterocycles. The smallest absolute Gasteiger partial charge is 0.327 e. The molecule has 0 saturated carbocycles. The monoisotopic (exact) mass is 438 g/mol. The van der Waals surface area contributed by atoms with Crippen LogP contribution in [-0.2, 0) is 19.6 Å². The van der Waals surface area contributed by atoms with Crippen LogP contribution < -0.4 is 9.46 Å². The zero-order valence-electron chi connectivity index (χ0n) is 13.5. The molecular formula is C17H15BrN2O5S. The van der Waals surface area contributed by atoms with Gasteiger partial charge in [0.2, 0.25) is 0 Å². The summed E-state index contributed by atoms with van der Waals surface area (Å²) >= 11 is 3.33. The Kier molecular flexibility index (Phi) is 5.58. The van der Waals surface area contributed by atoms with Crippen molar-refractivity contribution >= 4 is 37.8 Å². The third-order valence-electron chi connectivity index (χ3n) is 3.46. The molecule has 3 rings (SSSR count). The summed E-state index contributed by atoms with van der Waals surface area (Å²) in [6, 6.07) is 13.7. The molecule has 0 aliphatic carbocycles. The third kappa shape index (κ3) is 4.41. The van der Waals surface area contributed by atoms with Crippen LogP contribution in [0.1, 0.15) is 5.56 Å². The number of nitrogens with zero attached hydrogens (tertiary/aromatic N) is 1. The van der Waals surface area contributed by atoms with Gasteiger partial charge in [-0.1, -0.05) is 28.1 Å². The third-order valence-corrected chi connectivity index (χ3v) is 5.38. The van der Waals surface area contributed by atoms with Crippen molar-refractivity contribution in [3.63, 3.8) is 0 Å². The van der Waals surface area contributed by atoms with Gasteiger partial charge in [0.25, 0.3) is 10.0 Å². The lowest BCUT2D eigenvalue weighted by atomic mass is 10.2. The van der Waals surface area contributed by atoms with Gasteiger partial charge in [0, 0.05) is 10.0 Å². The zero-order valence-corrected chi connectivity index (χ0v) is 15.9. The highest BCUT2D eigenvalue weighted by Crippen LogP contribution is 2.22. The first-order valence-corrected chi connectivity index (χ1v) is 9.94. The Morgan fingerprint density at radius 2 is 1.81 bits per heavy atom. The molecule has 26 heavy (non-hydrogen) atoms. The Morgan fingerprint density at radius 3 is 2.58 bits per heavy atom. The first kappa shape index (κ1) is 18.4. The lowest BCUT2D eigenvalue weighted by Crippen LogP contribution is -2.23. The molecule has 1 aliphatic heterocycles. The van der Waals surface area contributed by atoms with E-state index in [4.69, 9.17) is 9.47 Å². The molecule has 2 aromatic rings. The summed E-state index contributed by atoms with van der Waals surface area (Å²) in [5, 5.41) is 0. The number of fused-ring (bicyclic) bond motifs is 1.